The van der Waals surface area contributed by atoms with Crippen molar-refractivity contribution in [2.24, 2.45) is 4.99 Å². The molecule has 0 aliphatic carbocycles. The molecule has 1 amide bonds. The summed E-state index contributed by atoms with van der Waals surface area (Å²) < 4.78 is 5.11. The molecule has 0 aromatic heterocycles. The molecule has 2 rings (SSSR count). The van der Waals surface area contributed by atoms with E-state index in [9.17, 15) is 4.79 Å². The first-order chi connectivity index (χ1) is 10.3. The average Bonchev–Trinajstić information content (AvgIpc) is 2.53. The van der Waals surface area contributed by atoms with Crippen LogP contribution in [0.5, 0.6) is 0 Å². The van der Waals surface area contributed by atoms with Crippen molar-refractivity contribution in [1.29, 1.82) is 0 Å². The molecule has 0 unspecified atom stereocenters. The molecule has 1 heterocycles. The van der Waals surface area contributed by atoms with Crippen LogP contribution in [0.1, 0.15) is 32.3 Å². The van der Waals surface area contributed by atoms with Gasteiger partial charge in [-0.05, 0) is 24.5 Å². The second kappa shape index (κ2) is 7.64. The number of guanidine groups is 1. The number of ether oxygens (including phenoxy) is 1. The summed E-state index contributed by atoms with van der Waals surface area (Å²) in [5, 5.41) is 5.35. The number of hydrogen-bond acceptors (Lipinski definition) is 4. The van der Waals surface area contributed by atoms with E-state index >= 15 is 0 Å². The molecule has 6 heteroatoms. The monoisotopic (exact) mass is 290 g/mol. The number of carbonyl (C=O) groups excluding carboxylic acids is 1. The topological polar surface area (TPSA) is 65.2 Å². The Labute approximate surface area is 124 Å². The van der Waals surface area contributed by atoms with Crippen molar-refractivity contribution in [3.8, 4) is 0 Å². The zero-order valence-electron chi connectivity index (χ0n) is 12.4. The van der Waals surface area contributed by atoms with Crippen LogP contribution < -0.4 is 5.32 Å². The quantitative estimate of drug-likeness (QED) is 0.783. The maximum absolute atomic E-state index is 12.1. The molecule has 1 aliphatic rings. The Kier molecular flexibility index (Phi) is 5.57. The molecule has 21 heavy (non-hydrogen) atoms. The summed E-state index contributed by atoms with van der Waals surface area (Å²) in [5.74, 6) is 0.239. The third-order valence-electron chi connectivity index (χ3n) is 2.80. The Morgan fingerprint density at radius 2 is 2.00 bits per heavy atom. The number of nitrogens with zero attached hydrogens (tertiary/aromatic N) is 3. The zero-order valence-corrected chi connectivity index (χ0v) is 12.4. The van der Waals surface area contributed by atoms with Gasteiger partial charge < -0.3 is 4.74 Å². The minimum absolute atomic E-state index is 0.239. The third kappa shape index (κ3) is 3.95. The molecule has 0 spiro atoms. The predicted octanol–water partition coefficient (Wildman–Crippen LogP) is 2.98. The second-order valence-corrected chi connectivity index (χ2v) is 4.60. The molecule has 1 aromatic rings. The normalized spacial score (nSPS) is 13.0. The van der Waals surface area contributed by atoms with Gasteiger partial charge in [0, 0.05) is 0 Å². The first kappa shape index (κ1) is 15.3. The van der Waals surface area contributed by atoms with E-state index in [1.165, 1.54) is 0 Å². The van der Waals surface area contributed by atoms with Crippen molar-refractivity contribution in [3.63, 3.8) is 0 Å². The van der Waals surface area contributed by atoms with Crippen LogP contribution in [0.25, 0.3) is 0 Å². The number of fused-ring (bicyclic) bond motifs is 1. The summed E-state index contributed by atoms with van der Waals surface area (Å²) in [6.07, 6.45) is 0.952. The van der Waals surface area contributed by atoms with Crippen LogP contribution in [0.4, 0.5) is 10.5 Å². The maximum Gasteiger partial charge on any atom is 0.441 e. The number of hydrogen-bond donors (Lipinski definition) is 0. The maximum atomic E-state index is 12.1. The molecule has 0 bridgehead atoms. The van der Waals surface area contributed by atoms with Crippen molar-refractivity contribution < 1.29 is 14.4 Å². The molecule has 1 aromatic carbocycles. The molecule has 0 N–H and O–H groups in total. The van der Waals surface area contributed by atoms with Crippen LogP contribution in [0.3, 0.4) is 0 Å². The van der Waals surface area contributed by atoms with E-state index in [0.29, 0.717) is 19.8 Å². The van der Waals surface area contributed by atoms with Crippen molar-refractivity contribution in [3.05, 3.63) is 29.8 Å². The van der Waals surface area contributed by atoms with Gasteiger partial charge in [-0.1, -0.05) is 32.0 Å². The van der Waals surface area contributed by atoms with Crippen LogP contribution in [0.15, 0.2) is 29.3 Å². The highest BCUT2D eigenvalue weighted by Gasteiger charge is 2.26. The number of hydroxylamine groups is 2. The van der Waals surface area contributed by atoms with Gasteiger partial charge in [0.2, 0.25) is 0 Å². The summed E-state index contributed by atoms with van der Waals surface area (Å²) in [4.78, 5) is 21.9. The average molecular weight is 290 g/mol. The summed E-state index contributed by atoms with van der Waals surface area (Å²) >= 11 is 0. The molecule has 0 atom stereocenters. The van der Waals surface area contributed by atoms with Crippen molar-refractivity contribution in [2.45, 2.75) is 33.2 Å². The number of amides is 1. The molecule has 0 saturated heterocycles. The van der Waals surface area contributed by atoms with E-state index in [2.05, 4.69) is 10.3 Å². The smallest absolute Gasteiger partial charge is 0.441 e. The molecule has 0 saturated carbocycles. The third-order valence-corrected chi connectivity index (χ3v) is 2.80. The van der Waals surface area contributed by atoms with Gasteiger partial charge in [0.15, 0.2) is 0 Å². The highest BCUT2D eigenvalue weighted by molar-refractivity contribution is 5.95. The lowest BCUT2D eigenvalue weighted by Crippen LogP contribution is -2.43. The number of rotatable bonds is 5. The fraction of sp³-hybridized carbons (Fsp3) is 0.467. The Morgan fingerprint density at radius 3 is 2.76 bits per heavy atom. The van der Waals surface area contributed by atoms with Crippen LogP contribution in [0, 0.1) is 0 Å². The highest BCUT2D eigenvalue weighted by Crippen LogP contribution is 2.23. The van der Waals surface area contributed by atoms with Gasteiger partial charge in [0.25, 0.3) is 5.96 Å². The van der Waals surface area contributed by atoms with Gasteiger partial charge in [0.05, 0.1) is 25.4 Å². The molecule has 0 fully saturated rings. The van der Waals surface area contributed by atoms with Gasteiger partial charge in [-0.3, -0.25) is 4.84 Å². The zero-order chi connectivity index (χ0) is 15.1. The van der Waals surface area contributed by atoms with E-state index in [4.69, 9.17) is 9.57 Å². The SMILES string of the molecule is CCCOC(=O)N(OCCC)C1=Nc2ccccc2C[N]1. The largest absolute Gasteiger partial charge is 0.448 e. The Morgan fingerprint density at radius 1 is 1.24 bits per heavy atom. The number of aliphatic imine (C=N–C) groups is 1. The molecule has 1 radical (unpaired) electrons. The Bertz CT molecular complexity index is 517. The summed E-state index contributed by atoms with van der Waals surface area (Å²) in [7, 11) is 0. The van der Waals surface area contributed by atoms with Crippen LogP contribution >= 0.6 is 0 Å². The fourth-order valence-electron chi connectivity index (χ4n) is 1.78. The standard InChI is InChI=1S/C15H20N3O3/c1-3-9-20-15(19)18(21-10-4-2)14-16-11-12-7-5-6-8-13(12)17-14/h5-8H,3-4,9-11H2,1-2H3. The second-order valence-electron chi connectivity index (χ2n) is 4.60. The van der Waals surface area contributed by atoms with Crippen LogP contribution in [0.2, 0.25) is 0 Å². The number of benzene rings is 1. The van der Waals surface area contributed by atoms with Gasteiger partial charge >= 0.3 is 6.09 Å². The minimum atomic E-state index is -0.577. The fourth-order valence-corrected chi connectivity index (χ4v) is 1.78. The van der Waals surface area contributed by atoms with E-state index in [0.717, 1.165) is 29.2 Å². The van der Waals surface area contributed by atoms with Crippen LogP contribution in [-0.2, 0) is 16.1 Å². The first-order valence-electron chi connectivity index (χ1n) is 7.20. The van der Waals surface area contributed by atoms with Gasteiger partial charge in [0.1, 0.15) is 0 Å². The summed E-state index contributed by atoms with van der Waals surface area (Å²) in [5.41, 5.74) is 1.83. The summed E-state index contributed by atoms with van der Waals surface area (Å²) in [6.45, 7) is 5.11. The van der Waals surface area contributed by atoms with E-state index < -0.39 is 6.09 Å². The molecular weight excluding hydrogens is 270 g/mol. The van der Waals surface area contributed by atoms with Gasteiger partial charge in [-0.2, -0.15) is 0 Å². The van der Waals surface area contributed by atoms with Gasteiger partial charge in [-0.15, -0.1) is 5.06 Å². The molecule has 6 nitrogen and oxygen atoms in total. The first-order valence-corrected chi connectivity index (χ1v) is 7.20. The van der Waals surface area contributed by atoms with Crippen LogP contribution in [-0.4, -0.2) is 30.3 Å². The van der Waals surface area contributed by atoms with Crippen molar-refractivity contribution >= 4 is 17.7 Å². The lowest BCUT2D eigenvalue weighted by Gasteiger charge is -2.24. The van der Waals surface area contributed by atoms with Crippen molar-refractivity contribution in [1.82, 2.24) is 10.4 Å². The van der Waals surface area contributed by atoms with E-state index in [-0.39, 0.29) is 5.96 Å². The predicted molar refractivity (Wildman–Crippen MR) is 79.1 cm³/mol. The van der Waals surface area contributed by atoms with E-state index in [1.54, 1.807) is 0 Å². The number of carbonyl (C=O) groups is 1. The highest BCUT2D eigenvalue weighted by atomic mass is 16.7. The minimum Gasteiger partial charge on any atom is -0.448 e. The molecule has 1 aliphatic heterocycles. The molecule has 113 valence electrons. The lowest BCUT2D eigenvalue weighted by atomic mass is 10.1. The summed E-state index contributed by atoms with van der Waals surface area (Å²) in [6, 6.07) is 7.69. The van der Waals surface area contributed by atoms with Crippen molar-refractivity contribution in [2.75, 3.05) is 13.2 Å². The lowest BCUT2D eigenvalue weighted by molar-refractivity contribution is -0.0870. The number of para-hydroxylation sites is 1. The Hall–Kier alpha value is -2.08. The Balaban J connectivity index is 2.17. The van der Waals surface area contributed by atoms with Gasteiger partial charge in [-0.25, -0.2) is 15.1 Å². The van der Waals surface area contributed by atoms with E-state index in [1.807, 2.05) is 38.1 Å². The molecular formula is C15H20N3O3.